The first-order valence-electron chi connectivity index (χ1n) is 5.71. The van der Waals surface area contributed by atoms with Gasteiger partial charge in [-0.05, 0) is 37.5 Å². The van der Waals surface area contributed by atoms with Crippen LogP contribution in [0, 0.1) is 6.92 Å². The summed E-state index contributed by atoms with van der Waals surface area (Å²) >= 11 is 3.16. The Hall–Kier alpha value is -1.79. The summed E-state index contributed by atoms with van der Waals surface area (Å²) in [5.74, 6) is -0.671. The summed E-state index contributed by atoms with van der Waals surface area (Å²) < 4.78 is 5.95. The van der Waals surface area contributed by atoms with E-state index in [9.17, 15) is 14.7 Å². The molecule has 2 aromatic rings. The van der Waals surface area contributed by atoms with E-state index < -0.39 is 11.4 Å². The molecule has 2 rings (SSSR count). The molecule has 0 spiro atoms. The fourth-order valence-corrected chi connectivity index (χ4v) is 3.06. The van der Waals surface area contributed by atoms with E-state index in [4.69, 9.17) is 4.42 Å². The molecule has 0 bridgehead atoms. The van der Waals surface area contributed by atoms with Crippen LogP contribution in [-0.2, 0) is 0 Å². The van der Waals surface area contributed by atoms with Crippen LogP contribution >= 0.6 is 23.1 Å². The average molecular weight is 308 g/mol. The maximum absolute atomic E-state index is 11.9. The first kappa shape index (κ1) is 14.6. The Bertz CT molecular complexity index is 725. The number of aryl methyl sites for hydroxylation is 1. The Kier molecular flexibility index (Phi) is 4.46. The van der Waals surface area contributed by atoms with Crippen LogP contribution in [0.5, 0.6) is 5.75 Å². The SMILES string of the molecule is CSc1ccc(/C=C/C(=O)c2c(O)cc(C)oc2=O)s1. The molecule has 2 aromatic heterocycles. The molecule has 0 aliphatic carbocycles. The molecule has 0 aliphatic heterocycles. The summed E-state index contributed by atoms with van der Waals surface area (Å²) in [7, 11) is 0. The minimum absolute atomic E-state index is 0.260. The van der Waals surface area contributed by atoms with E-state index >= 15 is 0 Å². The van der Waals surface area contributed by atoms with Gasteiger partial charge in [0, 0.05) is 10.9 Å². The van der Waals surface area contributed by atoms with Crippen molar-refractivity contribution in [1.29, 1.82) is 0 Å². The lowest BCUT2D eigenvalue weighted by molar-refractivity contribution is 0.104. The number of allylic oxidation sites excluding steroid dienone is 1. The standard InChI is InChI=1S/C14H12O4S2/c1-8-7-11(16)13(14(17)18-8)10(15)5-3-9-4-6-12(19-2)20-9/h3-7,16H,1-2H3/b5-3+. The smallest absolute Gasteiger partial charge is 0.351 e. The van der Waals surface area contributed by atoms with Gasteiger partial charge in [-0.1, -0.05) is 0 Å². The van der Waals surface area contributed by atoms with Crippen LogP contribution in [0.15, 0.2) is 37.7 Å². The van der Waals surface area contributed by atoms with Crippen LogP contribution in [-0.4, -0.2) is 17.1 Å². The van der Waals surface area contributed by atoms with Crippen molar-refractivity contribution in [2.75, 3.05) is 6.26 Å². The molecule has 6 heteroatoms. The van der Waals surface area contributed by atoms with Crippen LogP contribution in [0.2, 0.25) is 0 Å². The molecular formula is C14H12O4S2. The van der Waals surface area contributed by atoms with Gasteiger partial charge in [-0.25, -0.2) is 4.79 Å². The Morgan fingerprint density at radius 1 is 1.45 bits per heavy atom. The maximum Gasteiger partial charge on any atom is 0.351 e. The first-order chi connectivity index (χ1) is 9.51. The molecule has 0 amide bonds. The number of ketones is 1. The molecule has 0 aromatic carbocycles. The summed E-state index contributed by atoms with van der Waals surface area (Å²) in [6, 6.07) is 5.09. The molecular weight excluding hydrogens is 296 g/mol. The van der Waals surface area contributed by atoms with Gasteiger partial charge in [-0.15, -0.1) is 23.1 Å². The van der Waals surface area contributed by atoms with Crippen LogP contribution in [0.3, 0.4) is 0 Å². The lowest BCUT2D eigenvalue weighted by Crippen LogP contribution is -2.12. The van der Waals surface area contributed by atoms with Gasteiger partial charge < -0.3 is 9.52 Å². The molecule has 0 aliphatic rings. The van der Waals surface area contributed by atoms with Crippen molar-refractivity contribution in [1.82, 2.24) is 0 Å². The first-order valence-corrected chi connectivity index (χ1v) is 7.75. The van der Waals surface area contributed by atoms with E-state index in [0.717, 1.165) is 9.09 Å². The van der Waals surface area contributed by atoms with E-state index in [1.54, 1.807) is 29.2 Å². The van der Waals surface area contributed by atoms with Gasteiger partial charge in [-0.3, -0.25) is 4.79 Å². The summed E-state index contributed by atoms with van der Waals surface area (Å²) in [5, 5.41) is 9.67. The van der Waals surface area contributed by atoms with Crippen LogP contribution in [0.4, 0.5) is 0 Å². The molecule has 2 heterocycles. The van der Waals surface area contributed by atoms with E-state index in [1.807, 2.05) is 18.4 Å². The molecule has 0 radical (unpaired) electrons. The number of thioether (sulfide) groups is 1. The molecule has 104 valence electrons. The Labute approximate surface area is 123 Å². The van der Waals surface area contributed by atoms with Crippen molar-refractivity contribution in [2.24, 2.45) is 0 Å². The molecule has 0 saturated heterocycles. The lowest BCUT2D eigenvalue weighted by Gasteiger charge is -1.99. The highest BCUT2D eigenvalue weighted by Crippen LogP contribution is 2.26. The Morgan fingerprint density at radius 2 is 2.20 bits per heavy atom. The number of hydrogen-bond donors (Lipinski definition) is 1. The molecule has 0 atom stereocenters. The van der Waals surface area contributed by atoms with Gasteiger partial charge in [0.1, 0.15) is 17.1 Å². The molecule has 20 heavy (non-hydrogen) atoms. The van der Waals surface area contributed by atoms with Gasteiger partial charge in [0.15, 0.2) is 5.78 Å². The van der Waals surface area contributed by atoms with Gasteiger partial charge in [0.05, 0.1) is 4.21 Å². The zero-order valence-corrected chi connectivity index (χ0v) is 12.5. The largest absolute Gasteiger partial charge is 0.507 e. The average Bonchev–Trinajstić information content (AvgIpc) is 2.83. The van der Waals surface area contributed by atoms with Crippen molar-refractivity contribution in [3.05, 3.63) is 50.9 Å². The van der Waals surface area contributed by atoms with Crippen molar-refractivity contribution in [2.45, 2.75) is 11.1 Å². The third kappa shape index (κ3) is 3.20. The number of thiophene rings is 1. The van der Waals surface area contributed by atoms with Crippen molar-refractivity contribution >= 4 is 35.0 Å². The van der Waals surface area contributed by atoms with E-state index in [0.29, 0.717) is 0 Å². The lowest BCUT2D eigenvalue weighted by atomic mass is 10.1. The van der Waals surface area contributed by atoms with Gasteiger partial charge in [0.25, 0.3) is 0 Å². The normalized spacial score (nSPS) is 11.1. The number of carbonyl (C=O) groups excluding carboxylic acids is 1. The Balaban J connectivity index is 2.26. The van der Waals surface area contributed by atoms with E-state index in [-0.39, 0.29) is 17.1 Å². The highest BCUT2D eigenvalue weighted by atomic mass is 32.2. The highest BCUT2D eigenvalue weighted by Gasteiger charge is 2.15. The predicted octanol–water partition coefficient (Wildman–Crippen LogP) is 3.33. The topological polar surface area (TPSA) is 67.5 Å². The van der Waals surface area contributed by atoms with Gasteiger partial charge in [-0.2, -0.15) is 0 Å². The molecule has 4 nitrogen and oxygen atoms in total. The zero-order chi connectivity index (χ0) is 14.7. The summed E-state index contributed by atoms with van der Waals surface area (Å²) in [6.45, 7) is 1.53. The van der Waals surface area contributed by atoms with Crippen LogP contribution in [0.25, 0.3) is 6.08 Å². The molecule has 0 saturated carbocycles. The summed E-state index contributed by atoms with van der Waals surface area (Å²) in [4.78, 5) is 24.4. The molecule has 1 N–H and O–H groups in total. The van der Waals surface area contributed by atoms with Crippen LogP contribution in [0.1, 0.15) is 21.0 Å². The highest BCUT2D eigenvalue weighted by molar-refractivity contribution is 8.00. The number of carbonyl (C=O) groups is 1. The van der Waals surface area contributed by atoms with E-state index in [1.165, 1.54) is 19.1 Å². The predicted molar refractivity (Wildman–Crippen MR) is 80.8 cm³/mol. The van der Waals surface area contributed by atoms with Gasteiger partial charge in [0.2, 0.25) is 0 Å². The fourth-order valence-electron chi connectivity index (χ4n) is 1.60. The second-order valence-corrected chi connectivity index (χ2v) is 6.19. The van der Waals surface area contributed by atoms with Crippen LogP contribution < -0.4 is 5.63 Å². The summed E-state index contributed by atoms with van der Waals surface area (Å²) in [6.07, 6.45) is 4.85. The number of aromatic hydroxyl groups is 1. The summed E-state index contributed by atoms with van der Waals surface area (Å²) in [5.41, 5.74) is -1.17. The number of hydrogen-bond acceptors (Lipinski definition) is 6. The van der Waals surface area contributed by atoms with Crippen molar-refractivity contribution in [3.8, 4) is 5.75 Å². The minimum Gasteiger partial charge on any atom is -0.507 e. The van der Waals surface area contributed by atoms with Crippen molar-refractivity contribution < 1.29 is 14.3 Å². The fraction of sp³-hybridized carbons (Fsp3) is 0.143. The molecule has 0 unspecified atom stereocenters. The third-order valence-electron chi connectivity index (χ3n) is 2.50. The van der Waals surface area contributed by atoms with Crippen molar-refractivity contribution in [3.63, 3.8) is 0 Å². The zero-order valence-electron chi connectivity index (χ0n) is 10.9. The van der Waals surface area contributed by atoms with Gasteiger partial charge >= 0.3 is 5.63 Å². The second kappa shape index (κ2) is 6.11. The third-order valence-corrected chi connectivity index (χ3v) is 4.64. The maximum atomic E-state index is 11.9. The Morgan fingerprint density at radius 3 is 2.80 bits per heavy atom. The monoisotopic (exact) mass is 308 g/mol. The second-order valence-electron chi connectivity index (χ2n) is 3.96. The molecule has 0 fully saturated rings. The quantitative estimate of drug-likeness (QED) is 0.533. The minimum atomic E-state index is -0.826. The van der Waals surface area contributed by atoms with E-state index in [2.05, 4.69) is 0 Å². The number of rotatable bonds is 4.